The Morgan fingerprint density at radius 3 is 2.34 bits per heavy atom. The minimum Gasteiger partial charge on any atom is -0.410 e. The lowest BCUT2D eigenvalue weighted by Gasteiger charge is -2.50. The van der Waals surface area contributed by atoms with Gasteiger partial charge in [-0.1, -0.05) is 66.7 Å². The van der Waals surface area contributed by atoms with E-state index >= 15 is 0 Å². The molecule has 3 aliphatic carbocycles. The van der Waals surface area contributed by atoms with Gasteiger partial charge in [0.2, 0.25) is 5.91 Å². The van der Waals surface area contributed by atoms with Gasteiger partial charge >= 0.3 is 6.09 Å². The van der Waals surface area contributed by atoms with Gasteiger partial charge < -0.3 is 25.0 Å². The monoisotopic (exact) mass is 754 g/mol. The highest BCUT2D eigenvalue weighted by Gasteiger charge is 2.53. The molecule has 0 aromatic heterocycles. The molecule has 4 fully saturated rings. The van der Waals surface area contributed by atoms with Gasteiger partial charge in [0.15, 0.2) is 0 Å². The fourth-order valence-electron chi connectivity index (χ4n) is 8.70. The van der Waals surface area contributed by atoms with Crippen LogP contribution in [0.25, 0.3) is 0 Å². The van der Waals surface area contributed by atoms with E-state index in [1.807, 2.05) is 24.8 Å². The lowest BCUT2D eigenvalue weighted by Crippen LogP contribution is -2.52. The highest BCUT2D eigenvalue weighted by Crippen LogP contribution is 2.60. The summed E-state index contributed by atoms with van der Waals surface area (Å²) in [5.74, 6) is 3.49. The van der Waals surface area contributed by atoms with E-state index in [0.717, 1.165) is 31.1 Å². The zero-order chi connectivity index (χ0) is 39.6. The molecular formula is C42H70B2FN3O4S. The number of nitrogens with two attached hydrogens (primary N) is 1. The van der Waals surface area contributed by atoms with Crippen molar-refractivity contribution in [3.63, 3.8) is 0 Å². The second-order valence-electron chi connectivity index (χ2n) is 17.3. The second kappa shape index (κ2) is 20.5. The number of rotatable bonds is 6. The van der Waals surface area contributed by atoms with Crippen molar-refractivity contribution >= 4 is 40.3 Å². The molecule has 53 heavy (non-hydrogen) atoms. The summed E-state index contributed by atoms with van der Waals surface area (Å²) < 4.78 is 24.2. The number of carbonyl (C=O) groups is 2. The van der Waals surface area contributed by atoms with Crippen molar-refractivity contribution in [3.05, 3.63) is 29.3 Å². The summed E-state index contributed by atoms with van der Waals surface area (Å²) in [4.78, 5) is 28.7. The maximum atomic E-state index is 13.1. The second-order valence-corrected chi connectivity index (χ2v) is 17.7. The highest BCUT2D eigenvalue weighted by molar-refractivity contribution is 7.80. The zero-order valence-corrected chi connectivity index (χ0v) is 35.2. The molecule has 2 aliphatic heterocycles. The van der Waals surface area contributed by atoms with Gasteiger partial charge in [-0.05, 0) is 129 Å². The van der Waals surface area contributed by atoms with E-state index in [1.54, 1.807) is 4.90 Å². The molecule has 2 saturated carbocycles. The molecule has 6 atom stereocenters. The van der Waals surface area contributed by atoms with Crippen LogP contribution in [-0.4, -0.2) is 93.8 Å². The molecule has 0 bridgehead atoms. The molecule has 2 amide bonds. The number of benzene rings is 1. The molecule has 6 rings (SSSR count). The number of hydrogen-bond acceptors (Lipinski definition) is 6. The van der Waals surface area contributed by atoms with Crippen molar-refractivity contribution in [2.24, 2.45) is 28.4 Å². The molecule has 0 spiro atoms. The predicted octanol–water partition coefficient (Wildman–Crippen LogP) is 8.67. The first-order valence-corrected chi connectivity index (χ1v) is 21.2. The largest absolute Gasteiger partial charge is 0.415 e. The zero-order valence-electron chi connectivity index (χ0n) is 34.3. The van der Waals surface area contributed by atoms with Gasteiger partial charge in [0.05, 0.1) is 28.0 Å². The van der Waals surface area contributed by atoms with Crippen LogP contribution in [-0.2, 0) is 16.0 Å². The van der Waals surface area contributed by atoms with Crippen LogP contribution in [0.1, 0.15) is 137 Å². The SMILES string of the molecule is CC.CC12CCC3c4ccc(OC(=O)N5CCC(N6CCOCC6=O)CC5)cc4CCC3C1CCC2N.CCC(C)(C)C.[B]C([B])C(C)(F)CCCS. The van der Waals surface area contributed by atoms with Gasteiger partial charge in [-0.15, -0.1) is 0 Å². The van der Waals surface area contributed by atoms with Crippen LogP contribution in [0.5, 0.6) is 5.75 Å². The fraction of sp³-hybridized carbons (Fsp3) is 0.810. The first-order valence-electron chi connectivity index (χ1n) is 20.5. The molecule has 5 aliphatic rings. The molecule has 2 saturated heterocycles. The van der Waals surface area contributed by atoms with E-state index in [1.165, 1.54) is 56.6 Å². The quantitative estimate of drug-likeness (QED) is 0.225. The molecule has 7 nitrogen and oxygen atoms in total. The summed E-state index contributed by atoms with van der Waals surface area (Å²) in [5, 5.41) is 0. The van der Waals surface area contributed by atoms with Crippen LogP contribution in [0.3, 0.4) is 0 Å². The summed E-state index contributed by atoms with van der Waals surface area (Å²) in [6, 6.07) is 6.88. The number of morpholine rings is 1. The standard InChI is InChI=1S/C28H39N3O4.C6H11B2FS.C6H14.C2H6/c1-28-11-8-22-21-5-3-20(16-18(21)2-4-23(22)24(28)6-7-25(28)29)35-27(33)30-12-9-19(10-13-30)31-14-15-34-17-26(31)32;1-6(9,5(7)8)3-2-4-10;1-5-6(2,3)4;1-2/h3,5,16,19,22-25H,2,4,6-15,17,29H2,1H3;5,10H,2-4H2,1H3;5H2,1-4H3;1-2H3. The Labute approximate surface area is 330 Å². The molecule has 2 heterocycles. The van der Waals surface area contributed by atoms with Gasteiger partial charge in [0.25, 0.3) is 0 Å². The third-order valence-corrected chi connectivity index (χ3v) is 13.1. The molecule has 6 unspecified atom stereocenters. The van der Waals surface area contributed by atoms with E-state index in [9.17, 15) is 14.0 Å². The normalized spacial score (nSPS) is 28.0. The number of piperidine rings is 1. The number of nitrogens with zero attached hydrogens (tertiary/aromatic N) is 2. The van der Waals surface area contributed by atoms with E-state index in [2.05, 4.69) is 59.4 Å². The Kier molecular flexibility index (Phi) is 17.6. The summed E-state index contributed by atoms with van der Waals surface area (Å²) in [5.41, 5.74) is 7.90. The van der Waals surface area contributed by atoms with Gasteiger partial charge in [-0.2, -0.15) is 12.6 Å². The lowest BCUT2D eigenvalue weighted by atomic mass is 9.55. The number of thiol groups is 1. The smallest absolute Gasteiger partial charge is 0.410 e. The van der Waals surface area contributed by atoms with Crippen molar-refractivity contribution in [2.45, 2.75) is 155 Å². The van der Waals surface area contributed by atoms with Crippen molar-refractivity contribution < 1.29 is 23.5 Å². The van der Waals surface area contributed by atoms with Gasteiger partial charge in [0, 0.05) is 31.7 Å². The summed E-state index contributed by atoms with van der Waals surface area (Å²) in [6.07, 6.45) is 10.8. The van der Waals surface area contributed by atoms with Crippen LogP contribution >= 0.6 is 12.6 Å². The number of ether oxygens (including phenoxy) is 2. The number of fused-ring (bicyclic) bond motifs is 5. The maximum absolute atomic E-state index is 13.1. The number of halogens is 1. The molecule has 296 valence electrons. The third-order valence-electron chi connectivity index (χ3n) is 12.7. The number of hydrogen-bond donors (Lipinski definition) is 2. The lowest BCUT2D eigenvalue weighted by molar-refractivity contribution is -0.146. The Hall–Kier alpha value is -1.71. The summed E-state index contributed by atoms with van der Waals surface area (Å²) in [6.45, 7) is 19.4. The Balaban J connectivity index is 0.000000352. The average molecular weight is 754 g/mol. The van der Waals surface area contributed by atoms with E-state index < -0.39 is 11.4 Å². The molecule has 4 radical (unpaired) electrons. The first kappa shape index (κ1) is 45.7. The minimum atomic E-state index is -1.44. The van der Waals surface area contributed by atoms with Crippen LogP contribution in [0, 0.1) is 22.7 Å². The number of amides is 2. The first-order chi connectivity index (χ1) is 25.0. The molecule has 11 heteroatoms. The van der Waals surface area contributed by atoms with Crippen LogP contribution < -0.4 is 10.5 Å². The van der Waals surface area contributed by atoms with Gasteiger partial charge in [0.1, 0.15) is 12.4 Å². The summed E-state index contributed by atoms with van der Waals surface area (Å²) in [7, 11) is 10.4. The molecule has 2 N–H and O–H groups in total. The third kappa shape index (κ3) is 12.1. The van der Waals surface area contributed by atoms with Crippen molar-refractivity contribution in [3.8, 4) is 5.75 Å². The van der Waals surface area contributed by atoms with Crippen molar-refractivity contribution in [2.75, 3.05) is 38.6 Å². The van der Waals surface area contributed by atoms with Gasteiger partial charge in [-0.3, -0.25) is 4.79 Å². The number of aryl methyl sites for hydroxylation is 1. The van der Waals surface area contributed by atoms with E-state index in [0.29, 0.717) is 73.4 Å². The van der Waals surface area contributed by atoms with E-state index in [4.69, 9.17) is 30.9 Å². The summed E-state index contributed by atoms with van der Waals surface area (Å²) >= 11 is 3.95. The van der Waals surface area contributed by atoms with Crippen LogP contribution in [0.4, 0.5) is 9.18 Å². The topological polar surface area (TPSA) is 85.1 Å². The number of carbonyl (C=O) groups excluding carboxylic acids is 2. The molecular weight excluding hydrogens is 683 g/mol. The van der Waals surface area contributed by atoms with Crippen molar-refractivity contribution in [1.82, 2.24) is 9.80 Å². The number of likely N-dealkylation sites (tertiary alicyclic amines) is 1. The van der Waals surface area contributed by atoms with E-state index in [-0.39, 0.29) is 24.6 Å². The van der Waals surface area contributed by atoms with Crippen molar-refractivity contribution in [1.29, 1.82) is 0 Å². The molecule has 1 aromatic rings. The highest BCUT2D eigenvalue weighted by atomic mass is 32.1. The Morgan fingerprint density at radius 1 is 1.09 bits per heavy atom. The van der Waals surface area contributed by atoms with Crippen LogP contribution in [0.2, 0.25) is 5.72 Å². The van der Waals surface area contributed by atoms with Gasteiger partial charge in [-0.25, -0.2) is 9.18 Å². The maximum Gasteiger partial charge on any atom is 0.415 e. The fourth-order valence-corrected chi connectivity index (χ4v) is 8.85. The molecule has 1 aromatic carbocycles. The minimum absolute atomic E-state index is 0.0620. The van der Waals surface area contributed by atoms with Crippen LogP contribution in [0.15, 0.2) is 18.2 Å². The Morgan fingerprint density at radius 2 is 1.75 bits per heavy atom. The number of alkyl halides is 1. The predicted molar refractivity (Wildman–Crippen MR) is 221 cm³/mol. The average Bonchev–Trinajstić information content (AvgIpc) is 3.45. The Bertz CT molecular complexity index is 1310.